The molecule has 11 heteroatoms. The third-order valence-electron chi connectivity index (χ3n) is 5.93. The summed E-state index contributed by atoms with van der Waals surface area (Å²) in [6, 6.07) is 10.2. The second kappa shape index (κ2) is 8.12. The number of aromatic nitrogens is 4. The van der Waals surface area contributed by atoms with E-state index < -0.39 is 35.6 Å². The van der Waals surface area contributed by atoms with Gasteiger partial charge in [-0.2, -0.15) is 0 Å². The van der Waals surface area contributed by atoms with Gasteiger partial charge in [0.15, 0.2) is 17.3 Å². The van der Waals surface area contributed by atoms with Crippen molar-refractivity contribution in [1.82, 2.24) is 24.8 Å². The van der Waals surface area contributed by atoms with Crippen LogP contribution >= 0.6 is 0 Å². The molecule has 1 N–H and O–H groups in total. The van der Waals surface area contributed by atoms with E-state index >= 15 is 4.39 Å². The number of oxazole rings is 1. The highest BCUT2D eigenvalue weighted by Crippen LogP contribution is 2.40. The number of alkyl halides is 2. The molecule has 0 saturated heterocycles. The molecule has 0 spiro atoms. The number of rotatable bonds is 4. The highest BCUT2D eigenvalue weighted by molar-refractivity contribution is 5.94. The molecule has 0 aliphatic carbocycles. The molecule has 5 aromatic rings. The lowest BCUT2D eigenvalue weighted by atomic mass is 9.99. The van der Waals surface area contributed by atoms with Crippen LogP contribution in [-0.2, 0) is 6.42 Å². The first-order chi connectivity index (χ1) is 17.0. The van der Waals surface area contributed by atoms with Gasteiger partial charge in [-0.3, -0.25) is 9.78 Å². The third kappa shape index (κ3) is 3.38. The Balaban J connectivity index is 1.48. The largest absolute Gasteiger partial charge is 0.455 e. The van der Waals surface area contributed by atoms with Crippen LogP contribution in [0.1, 0.15) is 45.9 Å². The van der Waals surface area contributed by atoms with Crippen LogP contribution in [0.3, 0.4) is 0 Å². The molecule has 5 heterocycles. The van der Waals surface area contributed by atoms with Crippen molar-refractivity contribution in [1.29, 1.82) is 0 Å². The number of benzene rings is 1. The van der Waals surface area contributed by atoms with E-state index in [2.05, 4.69) is 19.9 Å². The highest BCUT2D eigenvalue weighted by Gasteiger charge is 2.41. The summed E-state index contributed by atoms with van der Waals surface area (Å²) in [7, 11) is 0. The van der Waals surface area contributed by atoms with E-state index in [9.17, 15) is 13.6 Å². The summed E-state index contributed by atoms with van der Waals surface area (Å²) >= 11 is 0. The lowest BCUT2D eigenvalue weighted by molar-refractivity contribution is 0.0622. The summed E-state index contributed by atoms with van der Waals surface area (Å²) in [4.78, 5) is 30.0. The van der Waals surface area contributed by atoms with Gasteiger partial charge < -0.3 is 18.7 Å². The van der Waals surface area contributed by atoms with Crippen LogP contribution in [0.5, 0.6) is 0 Å². The highest BCUT2D eigenvalue weighted by atomic mass is 19.3. The lowest BCUT2D eigenvalue weighted by Gasteiger charge is -2.33. The number of H-pyrrole nitrogens is 1. The van der Waals surface area contributed by atoms with E-state index in [4.69, 9.17) is 8.83 Å². The van der Waals surface area contributed by atoms with Crippen molar-refractivity contribution in [2.24, 2.45) is 0 Å². The van der Waals surface area contributed by atoms with Crippen molar-refractivity contribution in [2.75, 3.05) is 6.54 Å². The second-order valence-corrected chi connectivity index (χ2v) is 7.94. The number of fused-ring (bicyclic) bond motifs is 2. The Kier molecular flexibility index (Phi) is 4.90. The van der Waals surface area contributed by atoms with Gasteiger partial charge in [0.25, 0.3) is 12.3 Å². The molecular formula is C24H16F3N5O3. The molecule has 1 atom stereocenters. The predicted molar refractivity (Wildman–Crippen MR) is 116 cm³/mol. The number of halogens is 3. The van der Waals surface area contributed by atoms with Gasteiger partial charge in [0, 0.05) is 24.9 Å². The first-order valence-electron chi connectivity index (χ1n) is 10.7. The number of nitrogens with zero attached hydrogens (tertiary/aromatic N) is 4. The van der Waals surface area contributed by atoms with Crippen LogP contribution in [0, 0.1) is 5.82 Å². The number of nitrogens with one attached hydrogen (secondary N) is 1. The van der Waals surface area contributed by atoms with Crippen molar-refractivity contribution >= 4 is 16.9 Å². The minimum Gasteiger partial charge on any atom is -0.455 e. The first-order valence-corrected chi connectivity index (χ1v) is 10.7. The van der Waals surface area contributed by atoms with Gasteiger partial charge in [-0.25, -0.2) is 23.1 Å². The number of imidazole rings is 1. The minimum atomic E-state index is -3.08. The predicted octanol–water partition coefficient (Wildman–Crippen LogP) is 5.07. The van der Waals surface area contributed by atoms with Gasteiger partial charge in [0.05, 0.1) is 17.4 Å². The Morgan fingerprint density at radius 1 is 1.11 bits per heavy atom. The Labute approximate surface area is 195 Å². The summed E-state index contributed by atoms with van der Waals surface area (Å²) in [5.74, 6) is -2.53. The maximum Gasteiger partial charge on any atom is 0.292 e. The Hall–Kier alpha value is -4.41. The number of pyridine rings is 1. The Bertz CT molecular complexity index is 1540. The monoisotopic (exact) mass is 479 g/mol. The summed E-state index contributed by atoms with van der Waals surface area (Å²) in [5, 5.41) is 0.239. The fraction of sp³-hybridized carbons (Fsp3) is 0.167. The van der Waals surface area contributed by atoms with Crippen molar-refractivity contribution in [2.45, 2.75) is 18.9 Å². The smallest absolute Gasteiger partial charge is 0.292 e. The van der Waals surface area contributed by atoms with Gasteiger partial charge in [-0.1, -0.05) is 18.2 Å². The quantitative estimate of drug-likeness (QED) is 0.386. The average molecular weight is 479 g/mol. The van der Waals surface area contributed by atoms with Gasteiger partial charge >= 0.3 is 0 Å². The van der Waals surface area contributed by atoms with Crippen LogP contribution in [0.15, 0.2) is 63.8 Å². The zero-order chi connectivity index (χ0) is 24.1. The number of furan rings is 1. The molecule has 6 rings (SSSR count). The summed E-state index contributed by atoms with van der Waals surface area (Å²) in [6.45, 7) is 0.0808. The van der Waals surface area contributed by atoms with Crippen LogP contribution in [-0.4, -0.2) is 37.3 Å². The van der Waals surface area contributed by atoms with E-state index in [0.29, 0.717) is 23.4 Å². The maximum absolute atomic E-state index is 15.5. The van der Waals surface area contributed by atoms with Crippen LogP contribution < -0.4 is 0 Å². The number of aromatic amines is 1. The average Bonchev–Trinajstić information content (AvgIpc) is 3.61. The molecule has 0 unspecified atom stereocenters. The summed E-state index contributed by atoms with van der Waals surface area (Å²) in [6.07, 6.45) is 0.157. The molecule has 0 radical (unpaired) electrons. The fourth-order valence-corrected chi connectivity index (χ4v) is 4.33. The Morgan fingerprint density at radius 3 is 2.71 bits per heavy atom. The molecule has 0 fully saturated rings. The molecule has 4 aromatic heterocycles. The molecule has 1 aliphatic heterocycles. The number of carbonyl (C=O) groups excluding carboxylic acids is 1. The molecule has 1 aliphatic rings. The van der Waals surface area contributed by atoms with Crippen molar-refractivity contribution in [3.05, 3.63) is 89.4 Å². The number of carbonyl (C=O) groups is 1. The van der Waals surface area contributed by atoms with Gasteiger partial charge in [0.1, 0.15) is 17.3 Å². The van der Waals surface area contributed by atoms with Crippen molar-refractivity contribution < 1.29 is 26.8 Å². The molecule has 176 valence electrons. The van der Waals surface area contributed by atoms with E-state index in [1.807, 2.05) is 0 Å². The van der Waals surface area contributed by atoms with E-state index in [-0.39, 0.29) is 29.3 Å². The van der Waals surface area contributed by atoms with E-state index in [1.165, 1.54) is 23.5 Å². The minimum absolute atomic E-state index is 0.0808. The third-order valence-corrected chi connectivity index (χ3v) is 5.93. The fourth-order valence-electron chi connectivity index (χ4n) is 4.33. The number of amides is 1. The number of para-hydroxylation sites is 1. The van der Waals surface area contributed by atoms with Crippen molar-refractivity contribution in [3.63, 3.8) is 0 Å². The second-order valence-electron chi connectivity index (χ2n) is 7.94. The molecule has 0 saturated carbocycles. The van der Waals surface area contributed by atoms with Crippen LogP contribution in [0.2, 0.25) is 0 Å². The molecule has 8 nitrogen and oxygen atoms in total. The first kappa shape index (κ1) is 21.1. The van der Waals surface area contributed by atoms with Gasteiger partial charge in [-0.05, 0) is 24.3 Å². The summed E-state index contributed by atoms with van der Waals surface area (Å²) < 4.78 is 54.6. The van der Waals surface area contributed by atoms with Gasteiger partial charge in [-0.15, -0.1) is 0 Å². The molecule has 35 heavy (non-hydrogen) atoms. The molecular weight excluding hydrogens is 463 g/mol. The normalized spacial score (nSPS) is 15.7. The zero-order valence-corrected chi connectivity index (χ0v) is 17.9. The SMILES string of the molecule is O=C(c1oc(-c2ccccn2)nc1C(F)F)N1CCc2[nH]cnc2[C@H]1c1oc2ccccc2c1F. The van der Waals surface area contributed by atoms with Crippen LogP contribution in [0.4, 0.5) is 13.2 Å². The standard InChI is InChI=1S/C24H16F3N5O3/c25-16-12-5-1-2-7-15(12)34-20(16)19-17-13(29-11-30-17)8-10-32(19)24(33)21-18(22(26)27)31-23(35-21)14-6-3-4-9-28-14/h1-7,9,11,19,22H,8,10H2,(H,29,30)/t19-/m0/s1. The topological polar surface area (TPSA) is 101 Å². The van der Waals surface area contributed by atoms with E-state index in [0.717, 1.165) is 0 Å². The summed E-state index contributed by atoms with van der Waals surface area (Å²) in [5.41, 5.74) is 0.736. The van der Waals surface area contributed by atoms with Gasteiger partial charge in [0.2, 0.25) is 11.7 Å². The molecule has 1 amide bonds. The van der Waals surface area contributed by atoms with E-state index in [1.54, 1.807) is 36.4 Å². The molecule has 1 aromatic carbocycles. The zero-order valence-electron chi connectivity index (χ0n) is 17.9. The Morgan fingerprint density at radius 2 is 1.94 bits per heavy atom. The maximum atomic E-state index is 15.5. The molecule has 0 bridgehead atoms. The number of hydrogen-bond donors (Lipinski definition) is 1. The van der Waals surface area contributed by atoms with Crippen molar-refractivity contribution in [3.8, 4) is 11.6 Å². The van der Waals surface area contributed by atoms with Crippen LogP contribution in [0.25, 0.3) is 22.6 Å². The number of hydrogen-bond acceptors (Lipinski definition) is 6. The lowest BCUT2D eigenvalue weighted by Crippen LogP contribution is -2.41.